The van der Waals surface area contributed by atoms with Crippen LogP contribution in [0.4, 0.5) is 5.69 Å². The van der Waals surface area contributed by atoms with Crippen molar-refractivity contribution in [3.63, 3.8) is 0 Å². The molecule has 2 aromatic heterocycles. The first-order valence-electron chi connectivity index (χ1n) is 10.6. The molecule has 0 bridgehead atoms. The highest BCUT2D eigenvalue weighted by Gasteiger charge is 2.17. The SMILES string of the molecule is Cc1ccc(-c2nc3cc(NC(=S)NC(=O)c4ccc(-c5cccc(Cl)c5Cl)o4)ccc3o2)c(Cl)c1. The van der Waals surface area contributed by atoms with Crippen LogP contribution in [0.15, 0.2) is 75.6 Å². The van der Waals surface area contributed by atoms with Gasteiger partial charge in [-0.15, -0.1) is 0 Å². The molecule has 0 aliphatic heterocycles. The summed E-state index contributed by atoms with van der Waals surface area (Å²) in [7, 11) is 0. The lowest BCUT2D eigenvalue weighted by atomic mass is 10.1. The van der Waals surface area contributed by atoms with Gasteiger partial charge in [0.05, 0.1) is 20.6 Å². The Bertz CT molecular complexity index is 1640. The first-order valence-corrected chi connectivity index (χ1v) is 12.2. The number of fused-ring (bicyclic) bond motifs is 1. The summed E-state index contributed by atoms with van der Waals surface area (Å²) in [6, 6.07) is 19.3. The molecule has 5 aromatic rings. The smallest absolute Gasteiger partial charge is 0.293 e. The third-order valence-corrected chi connectivity index (χ3v) is 6.61. The van der Waals surface area contributed by atoms with Gasteiger partial charge in [0.25, 0.3) is 5.91 Å². The quantitative estimate of drug-likeness (QED) is 0.217. The second-order valence-electron chi connectivity index (χ2n) is 7.86. The summed E-state index contributed by atoms with van der Waals surface area (Å²) in [6.07, 6.45) is 0. The van der Waals surface area contributed by atoms with Gasteiger partial charge in [0.2, 0.25) is 5.89 Å². The highest BCUT2D eigenvalue weighted by Crippen LogP contribution is 2.34. The number of aromatic nitrogens is 1. The molecule has 2 N–H and O–H groups in total. The summed E-state index contributed by atoms with van der Waals surface area (Å²) in [5, 5.41) is 6.94. The number of nitrogens with zero attached hydrogens (tertiary/aromatic N) is 1. The molecule has 2 heterocycles. The van der Waals surface area contributed by atoms with E-state index in [1.165, 1.54) is 6.07 Å². The normalized spacial score (nSPS) is 11.0. The van der Waals surface area contributed by atoms with E-state index in [4.69, 9.17) is 55.9 Å². The van der Waals surface area contributed by atoms with E-state index >= 15 is 0 Å². The molecule has 0 saturated carbocycles. The predicted octanol–water partition coefficient (Wildman–Crippen LogP) is 8.15. The van der Waals surface area contributed by atoms with Crippen molar-refractivity contribution in [2.45, 2.75) is 6.92 Å². The number of furan rings is 1. The van der Waals surface area contributed by atoms with Crippen LogP contribution < -0.4 is 10.6 Å². The van der Waals surface area contributed by atoms with Gasteiger partial charge in [-0.2, -0.15) is 0 Å². The summed E-state index contributed by atoms with van der Waals surface area (Å²) >= 11 is 24.0. The molecule has 5 rings (SSSR count). The minimum absolute atomic E-state index is 0.0664. The molecular formula is C26H16Cl3N3O3S. The molecule has 3 aromatic carbocycles. The van der Waals surface area contributed by atoms with Gasteiger partial charge in [0, 0.05) is 11.3 Å². The van der Waals surface area contributed by atoms with Gasteiger partial charge in [-0.3, -0.25) is 10.1 Å². The second-order valence-corrected chi connectivity index (χ2v) is 9.46. The third-order valence-electron chi connectivity index (χ3n) is 5.27. The fourth-order valence-corrected chi connectivity index (χ4v) is 4.46. The average Bonchev–Trinajstić information content (AvgIpc) is 3.48. The maximum atomic E-state index is 12.6. The van der Waals surface area contributed by atoms with Crippen LogP contribution in [-0.4, -0.2) is 16.0 Å². The number of thiocarbonyl (C=S) groups is 1. The van der Waals surface area contributed by atoms with Crippen molar-refractivity contribution in [2.75, 3.05) is 5.32 Å². The lowest BCUT2D eigenvalue weighted by Crippen LogP contribution is -2.33. The van der Waals surface area contributed by atoms with Crippen molar-refractivity contribution in [3.8, 4) is 22.8 Å². The Kier molecular flexibility index (Phi) is 6.73. The molecule has 0 saturated heterocycles. The van der Waals surface area contributed by atoms with Crippen molar-refractivity contribution >= 4 is 74.8 Å². The number of benzene rings is 3. The third kappa shape index (κ3) is 4.96. The second kappa shape index (κ2) is 9.95. The molecule has 0 aliphatic carbocycles. The Morgan fingerprint density at radius 2 is 1.75 bits per heavy atom. The minimum atomic E-state index is -0.518. The van der Waals surface area contributed by atoms with Crippen LogP contribution in [0.5, 0.6) is 0 Å². The minimum Gasteiger partial charge on any atom is -0.451 e. The number of anilines is 1. The fourth-order valence-electron chi connectivity index (χ4n) is 3.54. The van der Waals surface area contributed by atoms with Crippen LogP contribution in [-0.2, 0) is 0 Å². The number of carbonyl (C=O) groups is 1. The van der Waals surface area contributed by atoms with Gasteiger partial charge in [-0.1, -0.05) is 46.9 Å². The van der Waals surface area contributed by atoms with E-state index in [0.29, 0.717) is 54.6 Å². The predicted molar refractivity (Wildman–Crippen MR) is 147 cm³/mol. The van der Waals surface area contributed by atoms with Crippen molar-refractivity contribution < 1.29 is 13.6 Å². The molecule has 0 radical (unpaired) electrons. The molecule has 10 heteroatoms. The number of halogens is 3. The van der Waals surface area contributed by atoms with Gasteiger partial charge in [0.1, 0.15) is 11.3 Å². The van der Waals surface area contributed by atoms with Crippen molar-refractivity contribution in [3.05, 3.63) is 93.1 Å². The lowest BCUT2D eigenvalue weighted by Gasteiger charge is -2.08. The molecule has 0 spiro atoms. The highest BCUT2D eigenvalue weighted by molar-refractivity contribution is 7.80. The summed E-state index contributed by atoms with van der Waals surface area (Å²) < 4.78 is 11.5. The van der Waals surface area contributed by atoms with E-state index in [1.807, 2.05) is 25.1 Å². The van der Waals surface area contributed by atoms with E-state index < -0.39 is 5.91 Å². The monoisotopic (exact) mass is 555 g/mol. The lowest BCUT2D eigenvalue weighted by molar-refractivity contribution is 0.0951. The summed E-state index contributed by atoms with van der Waals surface area (Å²) in [5.74, 6) is 0.372. The molecule has 0 aliphatic rings. The summed E-state index contributed by atoms with van der Waals surface area (Å²) in [6.45, 7) is 1.96. The van der Waals surface area contributed by atoms with Crippen LogP contribution in [0.25, 0.3) is 33.9 Å². The van der Waals surface area contributed by atoms with E-state index in [2.05, 4.69) is 15.6 Å². The van der Waals surface area contributed by atoms with E-state index in [0.717, 1.165) is 5.56 Å². The molecule has 0 atom stereocenters. The number of oxazole rings is 1. The first-order chi connectivity index (χ1) is 17.3. The zero-order chi connectivity index (χ0) is 25.4. The zero-order valence-electron chi connectivity index (χ0n) is 18.6. The van der Waals surface area contributed by atoms with Gasteiger partial charge in [-0.05, 0) is 79.3 Å². The molecule has 1 amide bonds. The number of hydrogen-bond acceptors (Lipinski definition) is 5. The Balaban J connectivity index is 1.28. The largest absolute Gasteiger partial charge is 0.451 e. The number of hydrogen-bond donors (Lipinski definition) is 2. The van der Waals surface area contributed by atoms with E-state index in [1.54, 1.807) is 42.5 Å². The van der Waals surface area contributed by atoms with E-state index in [-0.39, 0.29) is 10.9 Å². The van der Waals surface area contributed by atoms with Crippen LogP contribution >= 0.6 is 47.0 Å². The summed E-state index contributed by atoms with van der Waals surface area (Å²) in [5.41, 5.74) is 4.14. The highest BCUT2D eigenvalue weighted by atomic mass is 35.5. The van der Waals surface area contributed by atoms with Crippen LogP contribution in [0.1, 0.15) is 16.1 Å². The maximum Gasteiger partial charge on any atom is 0.293 e. The Morgan fingerprint density at radius 3 is 2.56 bits per heavy atom. The zero-order valence-corrected chi connectivity index (χ0v) is 21.6. The number of amides is 1. The molecular weight excluding hydrogens is 541 g/mol. The number of aryl methyl sites for hydroxylation is 1. The number of nitrogens with one attached hydrogen (secondary N) is 2. The van der Waals surface area contributed by atoms with Crippen LogP contribution in [0.3, 0.4) is 0 Å². The van der Waals surface area contributed by atoms with Crippen LogP contribution in [0, 0.1) is 6.92 Å². The summed E-state index contributed by atoms with van der Waals surface area (Å²) in [4.78, 5) is 17.2. The van der Waals surface area contributed by atoms with Gasteiger partial charge >= 0.3 is 0 Å². The van der Waals surface area contributed by atoms with Crippen molar-refractivity contribution in [1.82, 2.24) is 10.3 Å². The van der Waals surface area contributed by atoms with Crippen molar-refractivity contribution in [1.29, 1.82) is 0 Å². The number of rotatable bonds is 4. The topological polar surface area (TPSA) is 80.3 Å². The fraction of sp³-hybridized carbons (Fsp3) is 0.0385. The van der Waals surface area contributed by atoms with Gasteiger partial charge < -0.3 is 14.2 Å². The van der Waals surface area contributed by atoms with Crippen molar-refractivity contribution in [2.24, 2.45) is 0 Å². The maximum absolute atomic E-state index is 12.6. The van der Waals surface area contributed by atoms with E-state index in [9.17, 15) is 4.79 Å². The molecule has 6 nitrogen and oxygen atoms in total. The standard InChI is InChI=1S/C26H16Cl3N3O3S/c1-13-5-7-15(18(28)11-13)25-31-19-12-14(6-8-21(19)35-25)30-26(36)32-24(33)22-10-9-20(34-22)16-3-2-4-17(27)23(16)29/h2-12H,1H3,(H2,30,32,33,36). The van der Waals surface area contributed by atoms with Crippen LogP contribution in [0.2, 0.25) is 15.1 Å². The van der Waals surface area contributed by atoms with Gasteiger partial charge in [-0.25, -0.2) is 4.98 Å². The Labute approximate surface area is 226 Å². The number of carbonyl (C=O) groups excluding carboxylic acids is 1. The molecule has 0 unspecified atom stereocenters. The first kappa shape index (κ1) is 24.3. The molecule has 180 valence electrons. The van der Waals surface area contributed by atoms with Gasteiger partial charge in [0.15, 0.2) is 16.5 Å². The Hall–Kier alpha value is -3.36. The average molecular weight is 557 g/mol. The molecule has 36 heavy (non-hydrogen) atoms. The Morgan fingerprint density at radius 1 is 0.917 bits per heavy atom. The molecule has 0 fully saturated rings.